The molecule has 4 aromatic carbocycles. The third-order valence-electron chi connectivity index (χ3n) is 8.67. The average Bonchev–Trinajstić information content (AvgIpc) is 3.56. The SMILES string of the molecule is Cc1ccc(N(CC(=O)N(Cc2cccc(Br)c2)C(Cc2ccccc2)C(=O)NC2CCCC2)S(=O)(=O)c2ccc(Cl)cc2)cc1C. The minimum absolute atomic E-state index is 0.00581. The molecule has 0 spiro atoms. The number of halogens is 2. The van der Waals surface area contributed by atoms with Gasteiger partial charge in [-0.2, -0.15) is 0 Å². The lowest BCUT2D eigenvalue weighted by molar-refractivity contribution is -0.140. The van der Waals surface area contributed by atoms with Gasteiger partial charge in [0.25, 0.3) is 10.0 Å². The van der Waals surface area contributed by atoms with Crippen LogP contribution in [0.1, 0.15) is 47.9 Å². The summed E-state index contributed by atoms with van der Waals surface area (Å²) in [5.74, 6) is -0.745. The highest BCUT2D eigenvalue weighted by Crippen LogP contribution is 2.28. The van der Waals surface area contributed by atoms with Gasteiger partial charge in [-0.15, -0.1) is 0 Å². The van der Waals surface area contributed by atoms with Crippen molar-refractivity contribution in [1.29, 1.82) is 0 Å². The molecule has 0 saturated heterocycles. The maximum absolute atomic E-state index is 14.7. The maximum Gasteiger partial charge on any atom is 0.264 e. The first kappa shape index (κ1) is 34.7. The van der Waals surface area contributed by atoms with Gasteiger partial charge in [-0.3, -0.25) is 13.9 Å². The van der Waals surface area contributed by atoms with Crippen molar-refractivity contribution in [2.45, 2.75) is 69.5 Å². The van der Waals surface area contributed by atoms with Gasteiger partial charge in [0, 0.05) is 28.5 Å². The third-order valence-corrected chi connectivity index (χ3v) is 11.2. The fourth-order valence-corrected chi connectivity index (χ4v) is 7.88. The van der Waals surface area contributed by atoms with Crippen LogP contribution in [0.15, 0.2) is 106 Å². The van der Waals surface area contributed by atoms with Gasteiger partial charge in [-0.05, 0) is 97.5 Å². The van der Waals surface area contributed by atoms with Crippen molar-refractivity contribution in [3.63, 3.8) is 0 Å². The number of sulfonamides is 1. The first-order valence-corrected chi connectivity index (χ1v) is 18.4. The Morgan fingerprint density at radius 2 is 1.55 bits per heavy atom. The summed E-state index contributed by atoms with van der Waals surface area (Å²) in [7, 11) is -4.21. The Labute approximate surface area is 291 Å². The normalized spacial score (nSPS) is 14.0. The standard InChI is InChI=1S/C37H39BrClN3O4S/c1-26-15-18-33(21-27(26)2)42(47(45,46)34-19-16-31(39)17-20-34)25-36(43)41(24-29-11-8-12-30(38)22-29)35(23-28-9-4-3-5-10-28)37(44)40-32-13-6-7-14-32/h3-5,8-12,15-22,32,35H,6-7,13-14,23-25H2,1-2H3,(H,40,44). The van der Waals surface area contributed by atoms with Gasteiger partial charge in [0.2, 0.25) is 11.8 Å². The molecule has 0 bridgehead atoms. The molecule has 4 aromatic rings. The van der Waals surface area contributed by atoms with Gasteiger partial charge in [-0.25, -0.2) is 8.42 Å². The van der Waals surface area contributed by atoms with E-state index in [0.717, 1.165) is 56.7 Å². The summed E-state index contributed by atoms with van der Waals surface area (Å²) in [6.07, 6.45) is 4.14. The molecule has 1 atom stereocenters. The minimum Gasteiger partial charge on any atom is -0.352 e. The number of nitrogens with one attached hydrogen (secondary N) is 1. The van der Waals surface area contributed by atoms with Crippen LogP contribution in [0.5, 0.6) is 0 Å². The Morgan fingerprint density at radius 3 is 2.21 bits per heavy atom. The van der Waals surface area contributed by atoms with Crippen molar-refractivity contribution in [3.8, 4) is 0 Å². The highest BCUT2D eigenvalue weighted by atomic mass is 79.9. The lowest BCUT2D eigenvalue weighted by Crippen LogP contribution is -2.54. The van der Waals surface area contributed by atoms with Crippen molar-refractivity contribution in [1.82, 2.24) is 10.2 Å². The van der Waals surface area contributed by atoms with Crippen LogP contribution < -0.4 is 9.62 Å². The third kappa shape index (κ3) is 8.83. The Hall–Kier alpha value is -3.66. The van der Waals surface area contributed by atoms with Crippen molar-refractivity contribution in [3.05, 3.63) is 129 Å². The summed E-state index contributed by atoms with van der Waals surface area (Å²) in [4.78, 5) is 30.4. The van der Waals surface area contributed by atoms with E-state index in [-0.39, 0.29) is 29.8 Å². The molecular weight excluding hydrogens is 698 g/mol. The number of amides is 2. The first-order chi connectivity index (χ1) is 22.5. The molecule has 5 rings (SSSR count). The van der Waals surface area contributed by atoms with E-state index in [0.29, 0.717) is 10.7 Å². The van der Waals surface area contributed by atoms with Crippen molar-refractivity contribution < 1.29 is 18.0 Å². The predicted octanol–water partition coefficient (Wildman–Crippen LogP) is 7.61. The van der Waals surface area contributed by atoms with E-state index < -0.39 is 28.5 Å². The lowest BCUT2D eigenvalue weighted by Gasteiger charge is -2.34. The number of aryl methyl sites for hydroxylation is 2. The highest BCUT2D eigenvalue weighted by Gasteiger charge is 2.35. The van der Waals surface area contributed by atoms with Crippen LogP contribution >= 0.6 is 27.5 Å². The smallest absolute Gasteiger partial charge is 0.264 e. The van der Waals surface area contributed by atoms with E-state index >= 15 is 0 Å². The van der Waals surface area contributed by atoms with E-state index in [1.54, 1.807) is 12.1 Å². The Balaban J connectivity index is 1.58. The van der Waals surface area contributed by atoms with Crippen LogP contribution in [-0.2, 0) is 32.6 Å². The second-order valence-corrected chi connectivity index (χ2v) is 15.3. The van der Waals surface area contributed by atoms with E-state index in [1.165, 1.54) is 29.2 Å². The summed E-state index contributed by atoms with van der Waals surface area (Å²) >= 11 is 9.62. The molecule has 0 aromatic heterocycles. The number of nitrogens with zero attached hydrogens (tertiary/aromatic N) is 2. The molecule has 1 saturated carbocycles. The van der Waals surface area contributed by atoms with Crippen LogP contribution in [0, 0.1) is 13.8 Å². The molecule has 0 radical (unpaired) electrons. The Morgan fingerprint density at radius 1 is 0.872 bits per heavy atom. The van der Waals surface area contributed by atoms with Crippen LogP contribution in [0.4, 0.5) is 5.69 Å². The van der Waals surface area contributed by atoms with Crippen LogP contribution in [0.3, 0.4) is 0 Å². The van der Waals surface area contributed by atoms with Gasteiger partial charge >= 0.3 is 0 Å². The molecule has 1 fully saturated rings. The molecule has 1 N–H and O–H groups in total. The molecule has 47 heavy (non-hydrogen) atoms. The topological polar surface area (TPSA) is 86.8 Å². The van der Waals surface area contributed by atoms with Crippen LogP contribution in [0.2, 0.25) is 5.02 Å². The second kappa shape index (κ2) is 15.5. The number of hydrogen-bond acceptors (Lipinski definition) is 4. The second-order valence-electron chi connectivity index (χ2n) is 12.1. The zero-order valence-corrected chi connectivity index (χ0v) is 29.7. The molecule has 1 unspecified atom stereocenters. The molecular formula is C37H39BrClN3O4S. The molecule has 0 aliphatic heterocycles. The van der Waals surface area contributed by atoms with Crippen LogP contribution in [0.25, 0.3) is 0 Å². The maximum atomic E-state index is 14.7. The zero-order valence-electron chi connectivity index (χ0n) is 26.5. The quantitative estimate of drug-likeness (QED) is 0.162. The van der Waals surface area contributed by atoms with Crippen molar-refractivity contribution >= 4 is 55.1 Å². The Kier molecular flexibility index (Phi) is 11.4. The molecule has 1 aliphatic carbocycles. The largest absolute Gasteiger partial charge is 0.352 e. The lowest BCUT2D eigenvalue weighted by atomic mass is 10.0. The van der Waals surface area contributed by atoms with E-state index in [4.69, 9.17) is 11.6 Å². The summed E-state index contributed by atoms with van der Waals surface area (Å²) in [5, 5.41) is 3.60. The van der Waals surface area contributed by atoms with E-state index in [1.807, 2.05) is 74.5 Å². The van der Waals surface area contributed by atoms with E-state index in [2.05, 4.69) is 21.2 Å². The van der Waals surface area contributed by atoms with Crippen molar-refractivity contribution in [2.75, 3.05) is 10.8 Å². The number of anilines is 1. The number of carbonyl (C=O) groups is 2. The van der Waals surface area contributed by atoms with Crippen molar-refractivity contribution in [2.24, 2.45) is 0 Å². The fraction of sp³-hybridized carbons (Fsp3) is 0.297. The summed E-state index contributed by atoms with van der Waals surface area (Å²) in [5.41, 5.74) is 3.93. The summed E-state index contributed by atoms with van der Waals surface area (Å²) in [6.45, 7) is 3.44. The monoisotopic (exact) mass is 735 g/mol. The highest BCUT2D eigenvalue weighted by molar-refractivity contribution is 9.10. The minimum atomic E-state index is -4.21. The average molecular weight is 737 g/mol. The molecule has 2 amide bonds. The van der Waals surface area contributed by atoms with Gasteiger partial charge < -0.3 is 10.2 Å². The summed E-state index contributed by atoms with van der Waals surface area (Å²) < 4.78 is 30.5. The predicted molar refractivity (Wildman–Crippen MR) is 191 cm³/mol. The molecule has 1 aliphatic rings. The zero-order chi connectivity index (χ0) is 33.6. The van der Waals surface area contributed by atoms with Gasteiger partial charge in [0.1, 0.15) is 12.6 Å². The summed E-state index contributed by atoms with van der Waals surface area (Å²) in [6, 6.07) is 27.5. The van der Waals surface area contributed by atoms with E-state index in [9.17, 15) is 18.0 Å². The van der Waals surface area contributed by atoms with Gasteiger partial charge in [0.15, 0.2) is 0 Å². The van der Waals surface area contributed by atoms with Gasteiger partial charge in [-0.1, -0.05) is 88.9 Å². The first-order valence-electron chi connectivity index (χ1n) is 15.7. The van der Waals surface area contributed by atoms with Gasteiger partial charge in [0.05, 0.1) is 10.6 Å². The Bertz CT molecular complexity index is 1810. The fourth-order valence-electron chi connectivity index (χ4n) is 5.90. The van der Waals surface area contributed by atoms with Crippen LogP contribution in [-0.4, -0.2) is 43.8 Å². The number of carbonyl (C=O) groups excluding carboxylic acids is 2. The molecule has 7 nitrogen and oxygen atoms in total. The number of benzene rings is 4. The molecule has 10 heteroatoms. The number of hydrogen-bond donors (Lipinski definition) is 1. The molecule has 246 valence electrons. The number of rotatable bonds is 12. The molecule has 0 heterocycles.